The van der Waals surface area contributed by atoms with Crippen LogP contribution in [0.25, 0.3) is 0 Å². The zero-order valence-corrected chi connectivity index (χ0v) is 13.6. The van der Waals surface area contributed by atoms with Crippen molar-refractivity contribution in [2.24, 2.45) is 0 Å². The normalized spacial score (nSPS) is 10.3. The topological polar surface area (TPSA) is 54.0 Å². The first-order chi connectivity index (χ1) is 9.69. The number of aromatic nitrogens is 1. The first kappa shape index (κ1) is 15.0. The van der Waals surface area contributed by atoms with Crippen molar-refractivity contribution in [1.29, 1.82) is 0 Å². The summed E-state index contributed by atoms with van der Waals surface area (Å²) in [6.07, 6.45) is 2.67. The summed E-state index contributed by atoms with van der Waals surface area (Å²) in [7, 11) is 0. The average molecular weight is 354 g/mol. The molecule has 0 aromatic carbocycles. The lowest BCUT2D eigenvalue weighted by Gasteiger charge is -2.07. The largest absolute Gasteiger partial charge is 0.370 e. The fourth-order valence-corrected chi connectivity index (χ4v) is 3.03. The van der Waals surface area contributed by atoms with E-state index in [0.717, 1.165) is 28.1 Å². The van der Waals surface area contributed by atoms with E-state index in [1.165, 1.54) is 0 Å². The second-order valence-corrected chi connectivity index (χ2v) is 6.18. The highest BCUT2D eigenvalue weighted by Gasteiger charge is 2.07. The number of anilines is 1. The number of halogens is 1. The molecule has 106 valence electrons. The number of pyridine rings is 1. The lowest BCUT2D eigenvalue weighted by molar-refractivity contribution is 0.0951. The van der Waals surface area contributed by atoms with Gasteiger partial charge >= 0.3 is 0 Å². The van der Waals surface area contributed by atoms with Crippen LogP contribution in [0.15, 0.2) is 34.2 Å². The fraction of sp³-hybridized carbons (Fsp3) is 0.286. The minimum atomic E-state index is -0.0866. The van der Waals surface area contributed by atoms with Gasteiger partial charge in [-0.2, -0.15) is 0 Å². The molecule has 0 aliphatic heterocycles. The third kappa shape index (κ3) is 4.31. The van der Waals surface area contributed by atoms with Gasteiger partial charge in [0.05, 0.1) is 6.54 Å². The molecule has 0 unspecified atom stereocenters. The Morgan fingerprint density at radius 3 is 3.00 bits per heavy atom. The van der Waals surface area contributed by atoms with E-state index in [-0.39, 0.29) is 5.91 Å². The number of carbonyl (C=O) groups is 1. The molecule has 1 amide bonds. The van der Waals surface area contributed by atoms with Gasteiger partial charge in [-0.15, -0.1) is 11.3 Å². The molecule has 2 heterocycles. The summed E-state index contributed by atoms with van der Waals surface area (Å²) in [5.74, 6) is 0.648. The monoisotopic (exact) mass is 353 g/mol. The van der Waals surface area contributed by atoms with E-state index in [1.807, 2.05) is 11.4 Å². The summed E-state index contributed by atoms with van der Waals surface area (Å²) in [5, 5.41) is 8.08. The van der Waals surface area contributed by atoms with Crippen molar-refractivity contribution >= 4 is 39.0 Å². The molecule has 2 rings (SSSR count). The van der Waals surface area contributed by atoms with E-state index in [4.69, 9.17) is 0 Å². The number of amides is 1. The second kappa shape index (κ2) is 7.40. The van der Waals surface area contributed by atoms with Crippen molar-refractivity contribution in [3.05, 3.63) is 44.7 Å². The number of hydrogen-bond acceptors (Lipinski definition) is 4. The van der Waals surface area contributed by atoms with Gasteiger partial charge < -0.3 is 10.6 Å². The van der Waals surface area contributed by atoms with Gasteiger partial charge in [0.2, 0.25) is 0 Å². The van der Waals surface area contributed by atoms with Crippen molar-refractivity contribution in [1.82, 2.24) is 10.3 Å². The third-order valence-electron chi connectivity index (χ3n) is 2.62. The molecule has 20 heavy (non-hydrogen) atoms. The second-order valence-electron chi connectivity index (χ2n) is 4.27. The highest BCUT2D eigenvalue weighted by Crippen LogP contribution is 2.19. The van der Waals surface area contributed by atoms with Crippen LogP contribution in [-0.2, 0) is 6.54 Å². The molecule has 6 heteroatoms. The summed E-state index contributed by atoms with van der Waals surface area (Å²) in [6, 6.07) is 5.50. The lowest BCUT2D eigenvalue weighted by atomic mass is 10.2. The predicted molar refractivity (Wildman–Crippen MR) is 86.2 cm³/mol. The first-order valence-corrected chi connectivity index (χ1v) is 8.07. The molecule has 2 aromatic heterocycles. The molecule has 0 atom stereocenters. The van der Waals surface area contributed by atoms with E-state index in [9.17, 15) is 4.79 Å². The summed E-state index contributed by atoms with van der Waals surface area (Å²) < 4.78 is 1.04. The maximum absolute atomic E-state index is 12.1. The highest BCUT2D eigenvalue weighted by atomic mass is 79.9. The van der Waals surface area contributed by atoms with Crippen LogP contribution in [0.5, 0.6) is 0 Å². The van der Waals surface area contributed by atoms with Crippen LogP contribution in [0.2, 0.25) is 0 Å². The van der Waals surface area contributed by atoms with Gasteiger partial charge in [-0.1, -0.05) is 6.92 Å². The smallest absolute Gasteiger partial charge is 0.251 e. The molecule has 0 fully saturated rings. The van der Waals surface area contributed by atoms with Crippen LogP contribution in [0.3, 0.4) is 0 Å². The Morgan fingerprint density at radius 1 is 1.45 bits per heavy atom. The number of nitrogens with zero attached hydrogens (tertiary/aromatic N) is 1. The van der Waals surface area contributed by atoms with E-state index >= 15 is 0 Å². The molecule has 2 N–H and O–H groups in total. The Hall–Kier alpha value is -1.40. The van der Waals surface area contributed by atoms with Crippen LogP contribution < -0.4 is 10.6 Å². The Bertz CT molecular complexity index is 585. The summed E-state index contributed by atoms with van der Waals surface area (Å²) >= 11 is 5.01. The van der Waals surface area contributed by atoms with Crippen LogP contribution in [0.1, 0.15) is 28.6 Å². The van der Waals surface area contributed by atoms with Gasteiger partial charge in [0.25, 0.3) is 5.91 Å². The quantitative estimate of drug-likeness (QED) is 0.833. The number of carbonyl (C=O) groups excluding carboxylic acids is 1. The maximum Gasteiger partial charge on any atom is 0.251 e. The van der Waals surface area contributed by atoms with Gasteiger partial charge in [-0.05, 0) is 40.5 Å². The molecule has 4 nitrogen and oxygen atoms in total. The SMILES string of the molecule is CCCNc1cc(C(=O)NCc2cc(Br)cs2)ccn1. The van der Waals surface area contributed by atoms with Gasteiger partial charge in [0.15, 0.2) is 0 Å². The van der Waals surface area contributed by atoms with Crippen LogP contribution in [0, 0.1) is 0 Å². The van der Waals surface area contributed by atoms with Crippen molar-refractivity contribution < 1.29 is 4.79 Å². The highest BCUT2D eigenvalue weighted by molar-refractivity contribution is 9.10. The molecule has 2 aromatic rings. The predicted octanol–water partition coefficient (Wildman–Crippen LogP) is 3.66. The van der Waals surface area contributed by atoms with E-state index in [1.54, 1.807) is 29.7 Å². The first-order valence-electron chi connectivity index (χ1n) is 6.40. The average Bonchev–Trinajstić information content (AvgIpc) is 2.88. The number of nitrogens with one attached hydrogen (secondary N) is 2. The van der Waals surface area contributed by atoms with Gasteiger partial charge in [-0.25, -0.2) is 4.98 Å². The Balaban J connectivity index is 1.94. The van der Waals surface area contributed by atoms with Gasteiger partial charge in [0, 0.05) is 33.0 Å². The molecular formula is C14H16BrN3OS. The van der Waals surface area contributed by atoms with Crippen molar-refractivity contribution in [3.8, 4) is 0 Å². The Labute approximate surface area is 130 Å². The van der Waals surface area contributed by atoms with Crippen molar-refractivity contribution in [2.45, 2.75) is 19.9 Å². The molecule has 0 aliphatic rings. The van der Waals surface area contributed by atoms with E-state index < -0.39 is 0 Å². The summed E-state index contributed by atoms with van der Waals surface area (Å²) in [6.45, 7) is 3.47. The van der Waals surface area contributed by atoms with Gasteiger partial charge in [0.1, 0.15) is 5.82 Å². The lowest BCUT2D eigenvalue weighted by Crippen LogP contribution is -2.22. The number of thiophene rings is 1. The zero-order valence-electron chi connectivity index (χ0n) is 11.1. The van der Waals surface area contributed by atoms with Crippen LogP contribution >= 0.6 is 27.3 Å². The molecular weight excluding hydrogens is 338 g/mol. The molecule has 0 aliphatic carbocycles. The Morgan fingerprint density at radius 2 is 2.30 bits per heavy atom. The third-order valence-corrected chi connectivity index (χ3v) is 4.32. The van der Waals surface area contributed by atoms with Crippen molar-refractivity contribution in [3.63, 3.8) is 0 Å². The standard InChI is InChI=1S/C14H16BrN3OS/c1-2-4-16-13-6-10(3-5-17-13)14(19)18-8-12-7-11(15)9-20-12/h3,5-7,9H,2,4,8H2,1H3,(H,16,17)(H,18,19). The minimum Gasteiger partial charge on any atom is -0.370 e. The fourth-order valence-electron chi connectivity index (χ4n) is 1.64. The molecule has 0 spiro atoms. The van der Waals surface area contributed by atoms with Gasteiger partial charge in [-0.3, -0.25) is 4.79 Å². The number of hydrogen-bond donors (Lipinski definition) is 2. The van der Waals surface area contributed by atoms with Crippen molar-refractivity contribution in [2.75, 3.05) is 11.9 Å². The van der Waals surface area contributed by atoms with Crippen LogP contribution in [-0.4, -0.2) is 17.4 Å². The number of rotatable bonds is 6. The molecule has 0 bridgehead atoms. The molecule has 0 radical (unpaired) electrons. The van der Waals surface area contributed by atoms with Crippen LogP contribution in [0.4, 0.5) is 5.82 Å². The molecule has 0 saturated carbocycles. The summed E-state index contributed by atoms with van der Waals surface area (Å²) in [5.41, 5.74) is 0.620. The summed E-state index contributed by atoms with van der Waals surface area (Å²) in [4.78, 5) is 17.4. The maximum atomic E-state index is 12.1. The molecule has 0 saturated heterocycles. The van der Waals surface area contributed by atoms with E-state index in [2.05, 4.69) is 38.5 Å². The Kier molecular flexibility index (Phi) is 5.55. The minimum absolute atomic E-state index is 0.0866. The zero-order chi connectivity index (χ0) is 14.4. The van der Waals surface area contributed by atoms with E-state index in [0.29, 0.717) is 12.1 Å².